The Morgan fingerprint density at radius 2 is 1.71 bits per heavy atom. The van der Waals surface area contributed by atoms with Gasteiger partial charge < -0.3 is 9.13 Å². The van der Waals surface area contributed by atoms with E-state index in [1.807, 2.05) is 11.5 Å². The number of aromatic nitrogens is 2. The monoisotopic (exact) mass is 445 g/mol. The van der Waals surface area contributed by atoms with Gasteiger partial charge in [-0.25, -0.2) is 17.1 Å². The van der Waals surface area contributed by atoms with Crippen molar-refractivity contribution in [2.75, 3.05) is 14.1 Å². The molecule has 3 rings (SSSR count). The van der Waals surface area contributed by atoms with Gasteiger partial charge in [0.2, 0.25) is 10.0 Å². The van der Waals surface area contributed by atoms with Crippen LogP contribution in [0.5, 0.6) is 0 Å². The summed E-state index contributed by atoms with van der Waals surface area (Å²) in [6.07, 6.45) is 1.19. The maximum atomic E-state index is 13.2. The van der Waals surface area contributed by atoms with Crippen LogP contribution < -0.4 is 5.56 Å². The summed E-state index contributed by atoms with van der Waals surface area (Å²) in [5.74, 6) is -0.621. The minimum atomic E-state index is -3.73. The number of ketones is 1. The number of hydrogen-bond donors (Lipinski definition) is 0. The molecule has 0 aliphatic carbocycles. The van der Waals surface area contributed by atoms with Crippen molar-refractivity contribution in [1.29, 1.82) is 0 Å². The number of aryl methyl sites for hydroxylation is 1. The molecule has 9 heteroatoms. The highest BCUT2D eigenvalue weighted by atomic mass is 32.2. The molecule has 0 spiro atoms. The lowest BCUT2D eigenvalue weighted by Crippen LogP contribution is -2.27. The van der Waals surface area contributed by atoms with Gasteiger partial charge in [-0.2, -0.15) is 0 Å². The molecule has 0 atom stereocenters. The second-order valence-electron chi connectivity index (χ2n) is 7.54. The maximum absolute atomic E-state index is 13.2. The van der Waals surface area contributed by atoms with Gasteiger partial charge in [0.1, 0.15) is 5.82 Å². The van der Waals surface area contributed by atoms with E-state index < -0.39 is 15.6 Å². The SMILES string of the molecule is Cc1cc(C(=O)Cn2cc(S(=O)(=O)N(C)C)ccc2=O)c(C)n1Cc1ccc(F)cc1. The normalized spacial score (nSPS) is 11.8. The molecule has 3 aromatic rings. The van der Waals surface area contributed by atoms with E-state index in [1.54, 1.807) is 25.1 Å². The predicted molar refractivity (Wildman–Crippen MR) is 115 cm³/mol. The van der Waals surface area contributed by atoms with Crippen LogP contribution >= 0.6 is 0 Å². The highest BCUT2D eigenvalue weighted by Gasteiger charge is 2.20. The number of Topliss-reactive ketones (excluding diaryl/α,β-unsaturated/α-hetero) is 1. The zero-order chi connectivity index (χ0) is 22.9. The second-order valence-corrected chi connectivity index (χ2v) is 9.69. The Labute approximate surface area is 180 Å². The summed E-state index contributed by atoms with van der Waals surface area (Å²) in [7, 11) is -0.944. The van der Waals surface area contributed by atoms with Crippen molar-refractivity contribution in [3.8, 4) is 0 Å². The van der Waals surface area contributed by atoms with Gasteiger partial charge in [-0.1, -0.05) is 12.1 Å². The average molecular weight is 446 g/mol. The molecule has 2 aromatic heterocycles. The molecule has 0 bridgehead atoms. The Balaban J connectivity index is 1.89. The summed E-state index contributed by atoms with van der Waals surface area (Å²) >= 11 is 0. The zero-order valence-corrected chi connectivity index (χ0v) is 18.6. The molecule has 0 N–H and O–H groups in total. The number of carbonyl (C=O) groups is 1. The van der Waals surface area contributed by atoms with Gasteiger partial charge in [0.25, 0.3) is 5.56 Å². The maximum Gasteiger partial charge on any atom is 0.251 e. The van der Waals surface area contributed by atoms with E-state index in [0.29, 0.717) is 12.1 Å². The van der Waals surface area contributed by atoms with Crippen LogP contribution in [-0.2, 0) is 23.1 Å². The Bertz CT molecular complexity index is 1290. The number of carbonyl (C=O) groups excluding carboxylic acids is 1. The number of sulfonamides is 1. The lowest BCUT2D eigenvalue weighted by molar-refractivity contribution is 0.0969. The van der Waals surface area contributed by atoms with Crippen LogP contribution in [0.15, 0.2) is 58.4 Å². The van der Waals surface area contributed by atoms with E-state index in [4.69, 9.17) is 0 Å². The van der Waals surface area contributed by atoms with Gasteiger partial charge in [0.05, 0.1) is 11.4 Å². The Kier molecular flexibility index (Phi) is 6.28. The Morgan fingerprint density at radius 3 is 2.32 bits per heavy atom. The fraction of sp³-hybridized carbons (Fsp3) is 0.273. The topological polar surface area (TPSA) is 81.4 Å². The van der Waals surface area contributed by atoms with Crippen LogP contribution in [0.2, 0.25) is 0 Å². The van der Waals surface area contributed by atoms with Crippen molar-refractivity contribution >= 4 is 15.8 Å². The van der Waals surface area contributed by atoms with E-state index in [1.165, 1.54) is 38.5 Å². The van der Waals surface area contributed by atoms with Crippen LogP contribution in [0.1, 0.15) is 27.3 Å². The molecular formula is C22H24FN3O4S. The van der Waals surface area contributed by atoms with Crippen LogP contribution in [0.25, 0.3) is 0 Å². The number of rotatable bonds is 7. The molecule has 0 unspecified atom stereocenters. The first-order valence-electron chi connectivity index (χ1n) is 9.58. The van der Waals surface area contributed by atoms with Gasteiger partial charge in [-0.15, -0.1) is 0 Å². The number of benzene rings is 1. The van der Waals surface area contributed by atoms with Crippen LogP contribution in [0, 0.1) is 19.7 Å². The summed E-state index contributed by atoms with van der Waals surface area (Å²) in [4.78, 5) is 25.1. The third-order valence-electron chi connectivity index (χ3n) is 5.18. The number of nitrogens with zero attached hydrogens (tertiary/aromatic N) is 3. The van der Waals surface area contributed by atoms with Crippen molar-refractivity contribution in [3.05, 3.63) is 87.3 Å². The Morgan fingerprint density at radius 1 is 1.06 bits per heavy atom. The fourth-order valence-corrected chi connectivity index (χ4v) is 4.26. The standard InChI is InChI=1S/C22H24FN3O4S/c1-15-11-20(16(2)26(15)12-17-5-7-18(23)8-6-17)21(27)14-25-13-19(9-10-22(25)28)31(29,30)24(3)4/h5-11,13H,12,14H2,1-4H3. The summed E-state index contributed by atoms with van der Waals surface area (Å²) in [5, 5.41) is 0. The molecule has 0 saturated heterocycles. The minimum absolute atomic E-state index is 0.0633. The molecule has 0 amide bonds. The summed E-state index contributed by atoms with van der Waals surface area (Å²) < 4.78 is 41.9. The van der Waals surface area contributed by atoms with Crippen molar-refractivity contribution in [1.82, 2.24) is 13.4 Å². The highest BCUT2D eigenvalue weighted by Crippen LogP contribution is 2.19. The number of halogens is 1. The lowest BCUT2D eigenvalue weighted by atomic mass is 10.1. The quantitative estimate of drug-likeness (QED) is 0.524. The van der Waals surface area contributed by atoms with Crippen molar-refractivity contribution < 1.29 is 17.6 Å². The second kappa shape index (κ2) is 8.60. The van der Waals surface area contributed by atoms with Gasteiger partial charge >= 0.3 is 0 Å². The third-order valence-corrected chi connectivity index (χ3v) is 6.98. The van der Waals surface area contributed by atoms with Gasteiger partial charge in [0, 0.05) is 49.9 Å². The van der Waals surface area contributed by atoms with E-state index in [2.05, 4.69) is 0 Å². The smallest absolute Gasteiger partial charge is 0.251 e. The molecule has 0 fully saturated rings. The summed E-state index contributed by atoms with van der Waals surface area (Å²) in [6.45, 7) is 3.86. The molecule has 0 radical (unpaired) electrons. The first-order valence-corrected chi connectivity index (χ1v) is 11.0. The molecule has 0 aliphatic heterocycles. The van der Waals surface area contributed by atoms with E-state index in [0.717, 1.165) is 31.9 Å². The lowest BCUT2D eigenvalue weighted by Gasteiger charge is -2.13. The highest BCUT2D eigenvalue weighted by molar-refractivity contribution is 7.89. The van der Waals surface area contributed by atoms with Gasteiger partial charge in [-0.05, 0) is 43.7 Å². The third kappa shape index (κ3) is 4.67. The van der Waals surface area contributed by atoms with Crippen molar-refractivity contribution in [2.45, 2.75) is 31.8 Å². The molecule has 164 valence electrons. The molecule has 7 nitrogen and oxygen atoms in total. The molecule has 31 heavy (non-hydrogen) atoms. The largest absolute Gasteiger partial charge is 0.344 e. The Hall–Kier alpha value is -3.04. The molecule has 0 saturated carbocycles. The minimum Gasteiger partial charge on any atom is -0.344 e. The number of hydrogen-bond acceptors (Lipinski definition) is 4. The van der Waals surface area contributed by atoms with Gasteiger partial charge in [-0.3, -0.25) is 9.59 Å². The van der Waals surface area contributed by atoms with E-state index in [-0.39, 0.29) is 23.0 Å². The van der Waals surface area contributed by atoms with Crippen molar-refractivity contribution in [2.24, 2.45) is 0 Å². The van der Waals surface area contributed by atoms with E-state index >= 15 is 0 Å². The fourth-order valence-electron chi connectivity index (χ4n) is 3.34. The first-order chi connectivity index (χ1) is 14.5. The average Bonchev–Trinajstić information content (AvgIpc) is 2.99. The zero-order valence-electron chi connectivity index (χ0n) is 17.8. The molecule has 2 heterocycles. The predicted octanol–water partition coefficient (Wildman–Crippen LogP) is 2.59. The summed E-state index contributed by atoms with van der Waals surface area (Å²) in [6, 6.07) is 10.3. The van der Waals surface area contributed by atoms with Crippen molar-refractivity contribution in [3.63, 3.8) is 0 Å². The molecule has 0 aliphatic rings. The van der Waals surface area contributed by atoms with Crippen LogP contribution in [-0.4, -0.2) is 41.7 Å². The number of pyridine rings is 1. The van der Waals surface area contributed by atoms with Gasteiger partial charge in [0.15, 0.2) is 5.78 Å². The van der Waals surface area contributed by atoms with E-state index in [9.17, 15) is 22.4 Å². The van der Waals surface area contributed by atoms with Crippen LogP contribution in [0.3, 0.4) is 0 Å². The molecular weight excluding hydrogens is 421 g/mol. The van der Waals surface area contributed by atoms with Crippen LogP contribution in [0.4, 0.5) is 4.39 Å². The molecule has 1 aromatic carbocycles. The first kappa shape index (κ1) is 22.6. The summed E-state index contributed by atoms with van der Waals surface area (Å²) in [5.41, 5.74) is 2.44.